The first kappa shape index (κ1) is 65.1. The maximum Gasteiger partial charge on any atom is 0.306 e. The Hall–Kier alpha value is -3.93. The van der Waals surface area contributed by atoms with Crippen molar-refractivity contribution in [1.82, 2.24) is 0 Å². The summed E-state index contributed by atoms with van der Waals surface area (Å²) in [5.74, 6) is -0.923. The molecule has 0 heterocycles. The van der Waals surface area contributed by atoms with Crippen LogP contribution in [-0.2, 0) is 28.6 Å². The SMILES string of the molecule is CC/C=C\C/C=C\C/C=C\C/C=C\C/C=C\CCCCCCCCCCCC(=O)OCC(COC(=O)CCCCCCCCCCC)OC(=O)CCCCCC/C=C\C/C=C\C/C=C\C/C=C\CC. The summed E-state index contributed by atoms with van der Waals surface area (Å²) in [5.41, 5.74) is 0. The summed E-state index contributed by atoms with van der Waals surface area (Å²) in [4.78, 5) is 38.0. The minimum atomic E-state index is -0.793. The molecule has 0 bridgehead atoms. The van der Waals surface area contributed by atoms with Crippen LogP contribution in [0.1, 0.15) is 252 Å². The normalized spacial score (nSPS) is 12.9. The van der Waals surface area contributed by atoms with Gasteiger partial charge in [0.2, 0.25) is 0 Å². The lowest BCUT2D eigenvalue weighted by molar-refractivity contribution is -0.167. The Labute approximate surface area is 425 Å². The number of hydrogen-bond acceptors (Lipinski definition) is 6. The Kier molecular flexibility index (Phi) is 53.4. The third-order valence-electron chi connectivity index (χ3n) is 11.8. The van der Waals surface area contributed by atoms with Gasteiger partial charge in [0.15, 0.2) is 6.10 Å². The van der Waals surface area contributed by atoms with Crippen LogP contribution in [-0.4, -0.2) is 37.2 Å². The summed E-state index contributed by atoms with van der Waals surface area (Å²) in [6.45, 7) is 6.37. The molecule has 0 fully saturated rings. The van der Waals surface area contributed by atoms with E-state index in [4.69, 9.17) is 14.2 Å². The Morgan fingerprint density at radius 1 is 0.304 bits per heavy atom. The average molecular weight is 958 g/mol. The van der Waals surface area contributed by atoms with E-state index in [0.717, 1.165) is 135 Å². The second-order valence-electron chi connectivity index (χ2n) is 18.4. The molecule has 1 atom stereocenters. The summed E-state index contributed by atoms with van der Waals surface area (Å²) < 4.78 is 16.8. The second kappa shape index (κ2) is 56.7. The number of rotatable bonds is 50. The van der Waals surface area contributed by atoms with E-state index >= 15 is 0 Å². The van der Waals surface area contributed by atoms with Gasteiger partial charge >= 0.3 is 17.9 Å². The van der Waals surface area contributed by atoms with Gasteiger partial charge in [0.05, 0.1) is 0 Å². The molecule has 0 aromatic heterocycles. The highest BCUT2D eigenvalue weighted by Gasteiger charge is 2.19. The van der Waals surface area contributed by atoms with Crippen molar-refractivity contribution in [2.24, 2.45) is 0 Å². The lowest BCUT2D eigenvalue weighted by Crippen LogP contribution is -2.30. The van der Waals surface area contributed by atoms with E-state index in [9.17, 15) is 14.4 Å². The number of unbranched alkanes of at least 4 members (excludes halogenated alkanes) is 21. The van der Waals surface area contributed by atoms with Crippen molar-refractivity contribution in [3.8, 4) is 0 Å². The lowest BCUT2D eigenvalue weighted by Gasteiger charge is -2.18. The van der Waals surface area contributed by atoms with Crippen LogP contribution >= 0.6 is 0 Å². The van der Waals surface area contributed by atoms with E-state index in [1.54, 1.807) is 0 Å². The van der Waals surface area contributed by atoms with Gasteiger partial charge in [0, 0.05) is 19.3 Å². The molecule has 6 heteroatoms. The molecule has 0 amide bonds. The van der Waals surface area contributed by atoms with E-state index in [-0.39, 0.29) is 31.1 Å². The van der Waals surface area contributed by atoms with E-state index < -0.39 is 6.10 Å². The first-order valence-corrected chi connectivity index (χ1v) is 28.4. The number of carbonyl (C=O) groups excluding carboxylic acids is 3. The van der Waals surface area contributed by atoms with Crippen LogP contribution in [0.15, 0.2) is 109 Å². The fourth-order valence-electron chi connectivity index (χ4n) is 7.58. The predicted molar refractivity (Wildman–Crippen MR) is 297 cm³/mol. The van der Waals surface area contributed by atoms with Gasteiger partial charge in [-0.1, -0.05) is 239 Å². The fourth-order valence-corrected chi connectivity index (χ4v) is 7.58. The van der Waals surface area contributed by atoms with Crippen LogP contribution in [0.3, 0.4) is 0 Å². The Balaban J connectivity index is 4.31. The van der Waals surface area contributed by atoms with Crippen molar-refractivity contribution in [2.45, 2.75) is 258 Å². The Morgan fingerprint density at radius 2 is 0.565 bits per heavy atom. The molecule has 0 aliphatic heterocycles. The lowest BCUT2D eigenvalue weighted by atomic mass is 10.1. The van der Waals surface area contributed by atoms with Crippen LogP contribution in [0.2, 0.25) is 0 Å². The molecule has 0 aliphatic rings. The van der Waals surface area contributed by atoms with Crippen molar-refractivity contribution in [3.05, 3.63) is 109 Å². The average Bonchev–Trinajstić information content (AvgIpc) is 3.35. The van der Waals surface area contributed by atoms with Crippen molar-refractivity contribution < 1.29 is 28.6 Å². The van der Waals surface area contributed by atoms with Gasteiger partial charge in [-0.05, 0) is 103 Å². The van der Waals surface area contributed by atoms with Crippen molar-refractivity contribution >= 4 is 17.9 Å². The molecule has 6 nitrogen and oxygen atoms in total. The second-order valence-corrected chi connectivity index (χ2v) is 18.4. The predicted octanol–water partition coefficient (Wildman–Crippen LogP) is 19.1. The zero-order valence-corrected chi connectivity index (χ0v) is 44.8. The molecule has 69 heavy (non-hydrogen) atoms. The summed E-state index contributed by atoms with van der Waals surface area (Å²) >= 11 is 0. The first-order chi connectivity index (χ1) is 34.0. The third kappa shape index (κ3) is 54.9. The molecule has 0 rings (SSSR count). The maximum atomic E-state index is 12.8. The van der Waals surface area contributed by atoms with E-state index in [1.165, 1.54) is 77.0 Å². The Bertz CT molecular complexity index is 1420. The number of allylic oxidation sites excluding steroid dienone is 18. The molecule has 0 aliphatic carbocycles. The van der Waals surface area contributed by atoms with Gasteiger partial charge < -0.3 is 14.2 Å². The van der Waals surface area contributed by atoms with Crippen molar-refractivity contribution in [3.63, 3.8) is 0 Å². The molecule has 392 valence electrons. The van der Waals surface area contributed by atoms with Gasteiger partial charge in [0.25, 0.3) is 0 Å². The maximum absolute atomic E-state index is 12.8. The van der Waals surface area contributed by atoms with Gasteiger partial charge in [-0.2, -0.15) is 0 Å². The molecule has 0 spiro atoms. The van der Waals surface area contributed by atoms with Crippen LogP contribution < -0.4 is 0 Å². The minimum absolute atomic E-state index is 0.0898. The minimum Gasteiger partial charge on any atom is -0.462 e. The third-order valence-corrected chi connectivity index (χ3v) is 11.8. The van der Waals surface area contributed by atoms with Gasteiger partial charge in [-0.3, -0.25) is 14.4 Å². The topological polar surface area (TPSA) is 78.9 Å². The van der Waals surface area contributed by atoms with E-state index in [2.05, 4.69) is 130 Å². The summed E-state index contributed by atoms with van der Waals surface area (Å²) in [6, 6.07) is 0. The highest BCUT2D eigenvalue weighted by atomic mass is 16.6. The molecular formula is C63H104O6. The summed E-state index contributed by atoms with van der Waals surface area (Å²) in [7, 11) is 0. The quantitative estimate of drug-likeness (QED) is 0.0262. The highest BCUT2D eigenvalue weighted by molar-refractivity contribution is 5.71. The van der Waals surface area contributed by atoms with Crippen LogP contribution in [0.4, 0.5) is 0 Å². The van der Waals surface area contributed by atoms with Gasteiger partial charge in [-0.25, -0.2) is 0 Å². The van der Waals surface area contributed by atoms with E-state index in [1.807, 2.05) is 0 Å². The largest absolute Gasteiger partial charge is 0.462 e. The van der Waals surface area contributed by atoms with Crippen LogP contribution in [0.5, 0.6) is 0 Å². The molecule has 0 radical (unpaired) electrons. The molecular weight excluding hydrogens is 853 g/mol. The number of hydrogen-bond donors (Lipinski definition) is 0. The van der Waals surface area contributed by atoms with Crippen LogP contribution in [0, 0.1) is 0 Å². The smallest absolute Gasteiger partial charge is 0.306 e. The number of esters is 3. The summed E-state index contributed by atoms with van der Waals surface area (Å²) in [5, 5.41) is 0. The Morgan fingerprint density at radius 3 is 0.884 bits per heavy atom. The van der Waals surface area contributed by atoms with Gasteiger partial charge in [-0.15, -0.1) is 0 Å². The zero-order valence-electron chi connectivity index (χ0n) is 44.8. The van der Waals surface area contributed by atoms with Crippen molar-refractivity contribution in [2.75, 3.05) is 13.2 Å². The molecule has 1 unspecified atom stereocenters. The first-order valence-electron chi connectivity index (χ1n) is 28.4. The molecule has 0 aromatic rings. The molecule has 0 N–H and O–H groups in total. The van der Waals surface area contributed by atoms with Crippen LogP contribution in [0.25, 0.3) is 0 Å². The zero-order chi connectivity index (χ0) is 50.0. The fraction of sp³-hybridized carbons (Fsp3) is 0.667. The number of ether oxygens (including phenoxy) is 3. The number of carbonyl (C=O) groups is 3. The summed E-state index contributed by atoms with van der Waals surface area (Å²) in [6.07, 6.45) is 76.6. The highest BCUT2D eigenvalue weighted by Crippen LogP contribution is 2.14. The van der Waals surface area contributed by atoms with Gasteiger partial charge in [0.1, 0.15) is 13.2 Å². The molecule has 0 saturated heterocycles. The van der Waals surface area contributed by atoms with E-state index in [0.29, 0.717) is 19.3 Å². The standard InChI is InChI=1S/C63H104O6/c1-4-7-10-13-16-19-21-23-25-27-28-29-30-31-32-33-34-36-37-39-41-44-47-50-53-56-62(65)68-59-60(58-67-61(64)55-52-49-46-43-18-15-12-9-6-3)69-63(66)57-54-51-48-45-42-40-38-35-26-24-22-20-17-14-11-8-5-2/h7-8,10-11,16-17,19-20,23-26,28-29,31-32,38,40,60H,4-6,9,12-15,18,21-22,27,30,33-37,39,41-59H2,1-3H3/b10-7-,11-8-,19-16-,20-17-,25-23-,26-24-,29-28-,32-31-,40-38-. The molecule has 0 saturated carbocycles. The monoisotopic (exact) mass is 957 g/mol. The molecule has 0 aromatic carbocycles. The van der Waals surface area contributed by atoms with Crippen molar-refractivity contribution in [1.29, 1.82) is 0 Å².